The number of nitrogens with two attached hydrogens (primary N) is 1. The molecular formula is C20H20Cl2N4O3. The first-order valence-corrected chi connectivity index (χ1v) is 9.29. The summed E-state index contributed by atoms with van der Waals surface area (Å²) in [5, 5.41) is 23.6. The van der Waals surface area contributed by atoms with Crippen molar-refractivity contribution in [3.8, 4) is 6.07 Å². The fourth-order valence-electron chi connectivity index (χ4n) is 2.59. The van der Waals surface area contributed by atoms with Gasteiger partial charge in [0.25, 0.3) is 11.8 Å². The van der Waals surface area contributed by atoms with Gasteiger partial charge in [-0.1, -0.05) is 23.2 Å². The van der Waals surface area contributed by atoms with Crippen LogP contribution in [0, 0.1) is 18.3 Å². The number of halogens is 2. The predicted octanol–water partition coefficient (Wildman–Crippen LogP) is 3.27. The average molecular weight is 435 g/mol. The van der Waals surface area contributed by atoms with E-state index in [2.05, 4.69) is 5.32 Å². The molecule has 0 saturated carbocycles. The van der Waals surface area contributed by atoms with Crippen LogP contribution in [0.2, 0.25) is 10.0 Å². The number of hydrogen-bond donors (Lipinski definition) is 3. The number of amides is 2. The number of anilines is 1. The van der Waals surface area contributed by atoms with Crippen LogP contribution >= 0.6 is 23.2 Å². The van der Waals surface area contributed by atoms with E-state index in [1.807, 2.05) is 6.07 Å². The fourth-order valence-corrected chi connectivity index (χ4v) is 2.93. The monoisotopic (exact) mass is 434 g/mol. The fraction of sp³-hybridized carbons (Fsp3) is 0.250. The van der Waals surface area contributed by atoms with E-state index in [0.717, 1.165) is 0 Å². The molecule has 7 nitrogen and oxygen atoms in total. The minimum atomic E-state index is -1.58. The van der Waals surface area contributed by atoms with Crippen LogP contribution in [-0.2, 0) is 4.79 Å². The molecule has 0 heterocycles. The van der Waals surface area contributed by atoms with Crippen molar-refractivity contribution in [3.05, 3.63) is 63.1 Å². The highest BCUT2D eigenvalue weighted by molar-refractivity contribution is 6.33. The summed E-state index contributed by atoms with van der Waals surface area (Å²) in [6.07, 6.45) is 0. The lowest BCUT2D eigenvalue weighted by molar-refractivity contribution is -0.134. The summed E-state index contributed by atoms with van der Waals surface area (Å²) in [4.78, 5) is 25.5. The molecule has 0 bridgehead atoms. The number of aliphatic hydroxyl groups is 1. The molecule has 152 valence electrons. The second-order valence-corrected chi connectivity index (χ2v) is 7.78. The molecule has 0 aliphatic rings. The van der Waals surface area contributed by atoms with Gasteiger partial charge in [0, 0.05) is 16.3 Å². The Balaban J connectivity index is 2.34. The van der Waals surface area contributed by atoms with Gasteiger partial charge in [-0.3, -0.25) is 9.59 Å². The van der Waals surface area contributed by atoms with Crippen molar-refractivity contribution in [2.24, 2.45) is 5.84 Å². The molecule has 9 heteroatoms. The highest BCUT2D eigenvalue weighted by Gasteiger charge is 2.38. The summed E-state index contributed by atoms with van der Waals surface area (Å²) in [7, 11) is 0. The predicted molar refractivity (Wildman–Crippen MR) is 111 cm³/mol. The standard InChI is InChI=1S/C20H20Cl2N4O3/c1-11-15(9-6-13(10-23)16(11)22)25-17(20(2,3)29)19(28)26(24)18(27)12-4-7-14(21)8-5-12/h4-9,17,25,29H,24H2,1-3H3. The molecule has 0 aliphatic heterocycles. The van der Waals surface area contributed by atoms with Crippen molar-refractivity contribution in [1.82, 2.24) is 5.01 Å². The number of nitriles is 1. The Bertz CT molecular complexity index is 979. The van der Waals surface area contributed by atoms with E-state index < -0.39 is 23.5 Å². The van der Waals surface area contributed by atoms with Gasteiger partial charge < -0.3 is 10.4 Å². The largest absolute Gasteiger partial charge is 0.388 e. The Hall–Kier alpha value is -2.63. The molecule has 2 amide bonds. The van der Waals surface area contributed by atoms with Gasteiger partial charge in [0.2, 0.25) is 0 Å². The topological polar surface area (TPSA) is 119 Å². The molecule has 0 fully saturated rings. The summed E-state index contributed by atoms with van der Waals surface area (Å²) >= 11 is 12.0. The molecule has 1 unspecified atom stereocenters. The Labute approximate surface area is 178 Å². The molecule has 0 spiro atoms. The number of rotatable bonds is 5. The molecule has 2 aromatic rings. The van der Waals surface area contributed by atoms with Crippen LogP contribution in [0.4, 0.5) is 5.69 Å². The van der Waals surface area contributed by atoms with Crippen LogP contribution in [-0.4, -0.2) is 33.6 Å². The van der Waals surface area contributed by atoms with Crippen LogP contribution in [0.1, 0.15) is 35.3 Å². The second kappa shape index (κ2) is 8.80. The van der Waals surface area contributed by atoms with Crippen LogP contribution in [0.15, 0.2) is 36.4 Å². The number of carbonyl (C=O) groups is 2. The van der Waals surface area contributed by atoms with Gasteiger partial charge >= 0.3 is 0 Å². The molecule has 0 aliphatic carbocycles. The molecule has 0 radical (unpaired) electrons. The Morgan fingerprint density at radius 3 is 2.31 bits per heavy atom. The molecule has 1 atom stereocenters. The third-order valence-corrected chi connectivity index (χ3v) is 5.05. The Kier molecular flexibility index (Phi) is 6.88. The van der Waals surface area contributed by atoms with Gasteiger partial charge in [-0.25, -0.2) is 10.9 Å². The van der Waals surface area contributed by atoms with E-state index in [0.29, 0.717) is 21.3 Å². The first kappa shape index (κ1) is 22.7. The molecule has 0 saturated heterocycles. The molecule has 0 aromatic heterocycles. The zero-order valence-electron chi connectivity index (χ0n) is 16.0. The van der Waals surface area contributed by atoms with E-state index in [1.165, 1.54) is 44.2 Å². The van der Waals surface area contributed by atoms with Crippen LogP contribution < -0.4 is 11.2 Å². The Morgan fingerprint density at radius 1 is 1.21 bits per heavy atom. The number of carbonyl (C=O) groups excluding carboxylic acids is 2. The van der Waals surface area contributed by atoms with Gasteiger partial charge in [-0.2, -0.15) is 5.26 Å². The molecule has 29 heavy (non-hydrogen) atoms. The first-order valence-electron chi connectivity index (χ1n) is 8.54. The summed E-state index contributed by atoms with van der Waals surface area (Å²) in [6, 6.07) is 9.63. The number of benzene rings is 2. The van der Waals surface area contributed by atoms with E-state index in [-0.39, 0.29) is 16.1 Å². The summed E-state index contributed by atoms with van der Waals surface area (Å²) < 4.78 is 0. The van der Waals surface area contributed by atoms with Crippen molar-refractivity contribution < 1.29 is 14.7 Å². The number of nitrogens with one attached hydrogen (secondary N) is 1. The lowest BCUT2D eigenvalue weighted by atomic mass is 9.96. The number of hydrogen-bond acceptors (Lipinski definition) is 6. The highest BCUT2D eigenvalue weighted by Crippen LogP contribution is 2.29. The van der Waals surface area contributed by atoms with Crippen LogP contribution in [0.5, 0.6) is 0 Å². The average Bonchev–Trinajstić information content (AvgIpc) is 2.67. The van der Waals surface area contributed by atoms with Crippen LogP contribution in [0.3, 0.4) is 0 Å². The summed E-state index contributed by atoms with van der Waals surface area (Å²) in [5.41, 5.74) is -0.208. The minimum absolute atomic E-state index is 0.164. The van der Waals surface area contributed by atoms with E-state index in [4.69, 9.17) is 34.3 Å². The third-order valence-electron chi connectivity index (χ3n) is 4.31. The second-order valence-electron chi connectivity index (χ2n) is 6.96. The van der Waals surface area contributed by atoms with E-state index >= 15 is 0 Å². The quantitative estimate of drug-likeness (QED) is 0.377. The maximum Gasteiger partial charge on any atom is 0.274 e. The SMILES string of the molecule is Cc1c(NC(C(=O)N(N)C(=O)c2ccc(Cl)cc2)C(C)(C)O)ccc(C#N)c1Cl. The van der Waals surface area contributed by atoms with Gasteiger partial charge in [-0.05, 0) is 62.7 Å². The zero-order chi connectivity index (χ0) is 21.9. The zero-order valence-corrected chi connectivity index (χ0v) is 17.5. The smallest absolute Gasteiger partial charge is 0.274 e. The van der Waals surface area contributed by atoms with Crippen molar-refractivity contribution in [2.45, 2.75) is 32.4 Å². The van der Waals surface area contributed by atoms with Crippen molar-refractivity contribution >= 4 is 40.7 Å². The van der Waals surface area contributed by atoms with Gasteiger partial charge in [0.15, 0.2) is 0 Å². The minimum Gasteiger partial charge on any atom is -0.388 e. The normalized spacial score (nSPS) is 12.1. The summed E-state index contributed by atoms with van der Waals surface area (Å²) in [6.45, 7) is 4.48. The molecule has 2 rings (SSSR count). The van der Waals surface area contributed by atoms with Gasteiger partial charge in [-0.15, -0.1) is 0 Å². The number of nitrogens with zero attached hydrogens (tertiary/aromatic N) is 2. The maximum absolute atomic E-state index is 12.9. The van der Waals surface area contributed by atoms with Crippen LogP contribution in [0.25, 0.3) is 0 Å². The highest BCUT2D eigenvalue weighted by atomic mass is 35.5. The van der Waals surface area contributed by atoms with Gasteiger partial charge in [0.05, 0.1) is 16.2 Å². The van der Waals surface area contributed by atoms with Crippen molar-refractivity contribution in [1.29, 1.82) is 5.26 Å². The van der Waals surface area contributed by atoms with E-state index in [1.54, 1.807) is 13.0 Å². The Morgan fingerprint density at radius 2 is 1.79 bits per heavy atom. The first-order chi connectivity index (χ1) is 13.5. The number of hydrazine groups is 1. The van der Waals surface area contributed by atoms with Crippen molar-refractivity contribution in [2.75, 3.05) is 5.32 Å². The molecular weight excluding hydrogens is 415 g/mol. The van der Waals surface area contributed by atoms with E-state index in [9.17, 15) is 14.7 Å². The maximum atomic E-state index is 12.9. The molecule has 4 N–H and O–H groups in total. The lowest BCUT2D eigenvalue weighted by Gasteiger charge is -2.32. The lowest BCUT2D eigenvalue weighted by Crippen LogP contribution is -2.57. The third kappa shape index (κ3) is 5.05. The summed E-state index contributed by atoms with van der Waals surface area (Å²) in [5.74, 6) is 4.17. The van der Waals surface area contributed by atoms with Crippen molar-refractivity contribution in [3.63, 3.8) is 0 Å². The number of imide groups is 1. The molecule has 2 aromatic carbocycles. The van der Waals surface area contributed by atoms with Gasteiger partial charge in [0.1, 0.15) is 12.1 Å².